The maximum absolute atomic E-state index is 4.13. The molecule has 0 bridgehead atoms. The Balaban J connectivity index is 0.00000169. The number of hydrogen-bond acceptors (Lipinski definition) is 1. The van der Waals surface area contributed by atoms with Gasteiger partial charge in [-0.05, 0) is 24.0 Å². The number of nitrogens with zero attached hydrogens (tertiary/aromatic N) is 1. The summed E-state index contributed by atoms with van der Waals surface area (Å²) in [5.41, 5.74) is 1.37. The van der Waals surface area contributed by atoms with E-state index in [4.69, 9.17) is 0 Å². The Morgan fingerprint density at radius 1 is 1.36 bits per heavy atom. The Bertz CT molecular complexity index is 223. The lowest BCUT2D eigenvalue weighted by Gasteiger charge is -2.10. The standard InChI is InChI=1S/C12H19N.ClH/c1-3-4-5-7-11(2)12-8-6-9-13-10-12;/h6,8-11H,3-5,7H2,1-2H3;1H. The van der Waals surface area contributed by atoms with Gasteiger partial charge < -0.3 is 0 Å². The lowest BCUT2D eigenvalue weighted by Crippen LogP contribution is -1.93. The molecule has 1 rings (SSSR count). The third-order valence-electron chi connectivity index (χ3n) is 2.49. The second kappa shape index (κ2) is 7.81. The monoisotopic (exact) mass is 213 g/mol. The van der Waals surface area contributed by atoms with E-state index in [0.29, 0.717) is 5.92 Å². The Morgan fingerprint density at radius 3 is 2.71 bits per heavy atom. The van der Waals surface area contributed by atoms with Gasteiger partial charge in [-0.15, -0.1) is 12.4 Å². The highest BCUT2D eigenvalue weighted by Gasteiger charge is 2.03. The van der Waals surface area contributed by atoms with Gasteiger partial charge in [-0.25, -0.2) is 0 Å². The van der Waals surface area contributed by atoms with Crippen LogP contribution in [0.3, 0.4) is 0 Å². The van der Waals surface area contributed by atoms with Crippen LogP contribution in [0.1, 0.15) is 51.0 Å². The van der Waals surface area contributed by atoms with Crippen molar-refractivity contribution >= 4 is 12.4 Å². The Morgan fingerprint density at radius 2 is 2.14 bits per heavy atom. The number of hydrogen-bond donors (Lipinski definition) is 0. The summed E-state index contributed by atoms with van der Waals surface area (Å²) in [4.78, 5) is 4.13. The van der Waals surface area contributed by atoms with Crippen LogP contribution in [0.2, 0.25) is 0 Å². The molecule has 1 aromatic heterocycles. The van der Waals surface area contributed by atoms with Crippen molar-refractivity contribution in [3.05, 3.63) is 30.1 Å². The quantitative estimate of drug-likeness (QED) is 0.669. The van der Waals surface area contributed by atoms with Gasteiger partial charge in [0.25, 0.3) is 0 Å². The van der Waals surface area contributed by atoms with E-state index in [9.17, 15) is 0 Å². The first-order chi connectivity index (χ1) is 6.34. The maximum Gasteiger partial charge on any atom is 0.0302 e. The predicted octanol–water partition coefficient (Wildman–Crippen LogP) is 4.19. The molecule has 1 aromatic rings. The van der Waals surface area contributed by atoms with Crippen LogP contribution in [0.15, 0.2) is 24.5 Å². The van der Waals surface area contributed by atoms with Crippen LogP contribution >= 0.6 is 12.4 Å². The van der Waals surface area contributed by atoms with Crippen molar-refractivity contribution in [2.45, 2.75) is 45.4 Å². The zero-order valence-corrected chi connectivity index (χ0v) is 9.89. The summed E-state index contributed by atoms with van der Waals surface area (Å²) in [6.07, 6.45) is 9.11. The minimum atomic E-state index is 0. The van der Waals surface area contributed by atoms with E-state index in [1.165, 1.54) is 31.2 Å². The summed E-state index contributed by atoms with van der Waals surface area (Å²) in [5, 5.41) is 0. The van der Waals surface area contributed by atoms with Gasteiger partial charge in [0.05, 0.1) is 0 Å². The molecule has 1 heterocycles. The molecule has 0 saturated carbocycles. The molecule has 14 heavy (non-hydrogen) atoms. The van der Waals surface area contributed by atoms with Crippen LogP contribution in [0.25, 0.3) is 0 Å². The maximum atomic E-state index is 4.13. The molecule has 0 aliphatic rings. The molecule has 0 amide bonds. The molecule has 1 nitrogen and oxygen atoms in total. The van der Waals surface area contributed by atoms with E-state index in [2.05, 4.69) is 24.9 Å². The van der Waals surface area contributed by atoms with Gasteiger partial charge >= 0.3 is 0 Å². The van der Waals surface area contributed by atoms with Gasteiger partial charge in [-0.2, -0.15) is 0 Å². The molecular weight excluding hydrogens is 194 g/mol. The van der Waals surface area contributed by atoms with Crippen LogP contribution in [0, 0.1) is 0 Å². The molecule has 0 aliphatic carbocycles. The second-order valence-corrected chi connectivity index (χ2v) is 3.68. The van der Waals surface area contributed by atoms with Gasteiger partial charge in [0, 0.05) is 12.4 Å². The Kier molecular flexibility index (Phi) is 7.50. The molecule has 80 valence electrons. The van der Waals surface area contributed by atoms with Crippen molar-refractivity contribution < 1.29 is 0 Å². The smallest absolute Gasteiger partial charge is 0.0302 e. The largest absolute Gasteiger partial charge is 0.264 e. The lowest BCUT2D eigenvalue weighted by atomic mass is 9.97. The number of aromatic nitrogens is 1. The van der Waals surface area contributed by atoms with Crippen molar-refractivity contribution in [2.24, 2.45) is 0 Å². The van der Waals surface area contributed by atoms with E-state index in [1.54, 1.807) is 0 Å². The minimum Gasteiger partial charge on any atom is -0.264 e. The average Bonchev–Trinajstić information content (AvgIpc) is 2.19. The predicted molar refractivity (Wildman–Crippen MR) is 64.0 cm³/mol. The summed E-state index contributed by atoms with van der Waals surface area (Å²) in [5.74, 6) is 0.667. The third-order valence-corrected chi connectivity index (χ3v) is 2.49. The van der Waals surface area contributed by atoms with Crippen LogP contribution in [-0.2, 0) is 0 Å². The first-order valence-corrected chi connectivity index (χ1v) is 5.24. The molecule has 0 aromatic carbocycles. The Hall–Kier alpha value is -0.560. The van der Waals surface area contributed by atoms with Gasteiger partial charge in [-0.3, -0.25) is 4.98 Å². The summed E-state index contributed by atoms with van der Waals surface area (Å²) in [7, 11) is 0. The fraction of sp³-hybridized carbons (Fsp3) is 0.583. The minimum absolute atomic E-state index is 0. The number of pyridine rings is 1. The topological polar surface area (TPSA) is 12.9 Å². The van der Waals surface area contributed by atoms with E-state index in [0.717, 1.165) is 0 Å². The third kappa shape index (κ3) is 4.61. The molecule has 0 spiro atoms. The molecule has 1 unspecified atom stereocenters. The van der Waals surface area contributed by atoms with Gasteiger partial charge in [-0.1, -0.05) is 39.2 Å². The van der Waals surface area contributed by atoms with E-state index < -0.39 is 0 Å². The molecule has 0 aliphatic heterocycles. The van der Waals surface area contributed by atoms with Crippen LogP contribution in [0.5, 0.6) is 0 Å². The number of rotatable bonds is 5. The first kappa shape index (κ1) is 13.4. The van der Waals surface area contributed by atoms with E-state index >= 15 is 0 Å². The van der Waals surface area contributed by atoms with Crippen molar-refractivity contribution in [3.63, 3.8) is 0 Å². The molecule has 0 fully saturated rings. The highest BCUT2D eigenvalue weighted by atomic mass is 35.5. The SMILES string of the molecule is CCCCCC(C)c1cccnc1.Cl. The molecule has 0 radical (unpaired) electrons. The zero-order chi connectivity index (χ0) is 9.52. The molecule has 0 saturated heterocycles. The second-order valence-electron chi connectivity index (χ2n) is 3.68. The summed E-state index contributed by atoms with van der Waals surface area (Å²) >= 11 is 0. The highest BCUT2D eigenvalue weighted by molar-refractivity contribution is 5.85. The summed E-state index contributed by atoms with van der Waals surface area (Å²) in [6, 6.07) is 4.19. The average molecular weight is 214 g/mol. The molecule has 2 heteroatoms. The van der Waals surface area contributed by atoms with Crippen molar-refractivity contribution in [3.8, 4) is 0 Å². The fourth-order valence-corrected chi connectivity index (χ4v) is 1.53. The number of halogens is 1. The van der Waals surface area contributed by atoms with Crippen molar-refractivity contribution in [1.82, 2.24) is 4.98 Å². The van der Waals surface area contributed by atoms with Crippen LogP contribution < -0.4 is 0 Å². The fourth-order valence-electron chi connectivity index (χ4n) is 1.53. The van der Waals surface area contributed by atoms with Crippen molar-refractivity contribution in [1.29, 1.82) is 0 Å². The highest BCUT2D eigenvalue weighted by Crippen LogP contribution is 2.20. The summed E-state index contributed by atoms with van der Waals surface area (Å²) in [6.45, 7) is 4.53. The van der Waals surface area contributed by atoms with Crippen molar-refractivity contribution in [2.75, 3.05) is 0 Å². The Labute approximate surface area is 93.4 Å². The van der Waals surface area contributed by atoms with E-state index in [-0.39, 0.29) is 12.4 Å². The van der Waals surface area contributed by atoms with Gasteiger partial charge in [0.2, 0.25) is 0 Å². The number of unbranched alkanes of at least 4 members (excludes halogenated alkanes) is 2. The van der Waals surface area contributed by atoms with Gasteiger partial charge in [0.15, 0.2) is 0 Å². The lowest BCUT2D eigenvalue weighted by molar-refractivity contribution is 0.597. The summed E-state index contributed by atoms with van der Waals surface area (Å²) < 4.78 is 0. The molecular formula is C12H20ClN. The van der Waals surface area contributed by atoms with Gasteiger partial charge in [0.1, 0.15) is 0 Å². The normalized spacial score (nSPS) is 11.9. The van der Waals surface area contributed by atoms with E-state index in [1.807, 2.05) is 18.5 Å². The van der Waals surface area contributed by atoms with Crippen LogP contribution in [0.4, 0.5) is 0 Å². The zero-order valence-electron chi connectivity index (χ0n) is 9.07. The molecule has 1 atom stereocenters. The first-order valence-electron chi connectivity index (χ1n) is 5.24. The van der Waals surface area contributed by atoms with Crippen LogP contribution in [-0.4, -0.2) is 4.98 Å². The molecule has 0 N–H and O–H groups in total.